The summed E-state index contributed by atoms with van der Waals surface area (Å²) in [4.78, 5) is 4.04. The van der Waals surface area contributed by atoms with Gasteiger partial charge in [0.1, 0.15) is 6.10 Å². The molecule has 1 unspecified atom stereocenters. The van der Waals surface area contributed by atoms with E-state index in [4.69, 9.17) is 0 Å². The number of aryl methyl sites for hydroxylation is 2. The van der Waals surface area contributed by atoms with Gasteiger partial charge < -0.3 is 9.67 Å². The highest BCUT2D eigenvalue weighted by molar-refractivity contribution is 5.20. The zero-order valence-electron chi connectivity index (χ0n) is 9.54. The van der Waals surface area contributed by atoms with Crippen LogP contribution >= 0.6 is 0 Å². The van der Waals surface area contributed by atoms with Crippen molar-refractivity contribution in [2.24, 2.45) is 0 Å². The molecule has 16 heavy (non-hydrogen) atoms. The summed E-state index contributed by atoms with van der Waals surface area (Å²) in [6.45, 7) is 5.64. The number of hydrogen-bond acceptors (Lipinski definition) is 3. The number of nitrogens with zero attached hydrogens (tertiary/aromatic N) is 4. The van der Waals surface area contributed by atoms with Crippen molar-refractivity contribution < 1.29 is 5.11 Å². The molecule has 0 aliphatic rings. The average molecular weight is 220 g/mol. The van der Waals surface area contributed by atoms with Crippen molar-refractivity contribution in [1.82, 2.24) is 19.3 Å². The Morgan fingerprint density at radius 1 is 1.31 bits per heavy atom. The molecule has 0 aliphatic carbocycles. The van der Waals surface area contributed by atoms with Crippen molar-refractivity contribution in [1.29, 1.82) is 0 Å². The predicted molar refractivity (Wildman–Crippen MR) is 59.9 cm³/mol. The average Bonchev–Trinajstić information content (AvgIpc) is 2.96. The Bertz CT molecular complexity index is 460. The summed E-state index contributed by atoms with van der Waals surface area (Å²) in [5.41, 5.74) is 1.61. The molecule has 0 radical (unpaired) electrons. The Balaban J connectivity index is 2.27. The molecule has 2 aromatic rings. The second kappa shape index (κ2) is 4.49. The van der Waals surface area contributed by atoms with Gasteiger partial charge in [-0.3, -0.25) is 4.68 Å². The van der Waals surface area contributed by atoms with Crippen LogP contribution in [0.5, 0.6) is 0 Å². The summed E-state index contributed by atoms with van der Waals surface area (Å²) in [5.74, 6) is 0. The van der Waals surface area contributed by atoms with E-state index in [1.807, 2.05) is 24.6 Å². The number of aliphatic hydroxyl groups is 1. The van der Waals surface area contributed by atoms with E-state index >= 15 is 0 Å². The zero-order chi connectivity index (χ0) is 11.5. The molecule has 0 saturated carbocycles. The van der Waals surface area contributed by atoms with E-state index in [1.165, 1.54) is 0 Å². The predicted octanol–water partition coefficient (Wildman–Crippen LogP) is 1.20. The minimum absolute atomic E-state index is 0.650. The van der Waals surface area contributed by atoms with Crippen molar-refractivity contribution in [3.63, 3.8) is 0 Å². The number of aliphatic hydroxyl groups excluding tert-OH is 1. The summed E-state index contributed by atoms with van der Waals surface area (Å²) >= 11 is 0. The molecule has 0 bridgehead atoms. The number of hydrogen-bond donors (Lipinski definition) is 1. The summed E-state index contributed by atoms with van der Waals surface area (Å²) in [6.07, 6.45) is 6.32. The summed E-state index contributed by atoms with van der Waals surface area (Å²) in [6, 6.07) is 0. The van der Waals surface area contributed by atoms with Crippen molar-refractivity contribution in [3.8, 4) is 0 Å². The van der Waals surface area contributed by atoms with Crippen molar-refractivity contribution in [2.45, 2.75) is 33.0 Å². The molecule has 5 heteroatoms. The molecule has 0 aliphatic heterocycles. The third-order valence-corrected chi connectivity index (χ3v) is 2.66. The molecule has 0 aromatic carbocycles. The van der Waals surface area contributed by atoms with Gasteiger partial charge in [-0.05, 0) is 13.8 Å². The van der Waals surface area contributed by atoms with Gasteiger partial charge in [0, 0.05) is 24.8 Å². The first-order valence-corrected chi connectivity index (χ1v) is 5.46. The Morgan fingerprint density at radius 3 is 2.75 bits per heavy atom. The van der Waals surface area contributed by atoms with Crippen LogP contribution in [0.15, 0.2) is 24.9 Å². The second-order valence-electron chi connectivity index (χ2n) is 3.64. The maximum atomic E-state index is 10.2. The van der Waals surface area contributed by atoms with Gasteiger partial charge in [0.05, 0.1) is 24.4 Å². The molecule has 2 aromatic heterocycles. The Morgan fingerprint density at radius 2 is 2.12 bits per heavy atom. The summed E-state index contributed by atoms with van der Waals surface area (Å²) in [7, 11) is 0. The van der Waals surface area contributed by atoms with Crippen LogP contribution in [0.4, 0.5) is 0 Å². The van der Waals surface area contributed by atoms with E-state index in [2.05, 4.69) is 10.1 Å². The Kier molecular flexibility index (Phi) is 3.05. The van der Waals surface area contributed by atoms with E-state index in [1.54, 1.807) is 23.4 Å². The minimum atomic E-state index is -0.650. The molecular weight excluding hydrogens is 204 g/mol. The zero-order valence-corrected chi connectivity index (χ0v) is 9.54. The second-order valence-corrected chi connectivity index (χ2v) is 3.64. The van der Waals surface area contributed by atoms with Crippen LogP contribution in [-0.4, -0.2) is 24.4 Å². The van der Waals surface area contributed by atoms with E-state index in [0.717, 1.165) is 24.3 Å². The molecule has 2 rings (SSSR count). The SMILES string of the molecule is CCn1cc(C(O)c2cncn2CC)cn1. The number of aromatic nitrogens is 4. The third-order valence-electron chi connectivity index (χ3n) is 2.66. The Labute approximate surface area is 94.4 Å². The van der Waals surface area contributed by atoms with Gasteiger partial charge in [0.25, 0.3) is 0 Å². The van der Waals surface area contributed by atoms with Crippen LogP contribution in [0, 0.1) is 0 Å². The first-order valence-electron chi connectivity index (χ1n) is 5.46. The van der Waals surface area contributed by atoms with Crippen LogP contribution in [0.25, 0.3) is 0 Å². The lowest BCUT2D eigenvalue weighted by Crippen LogP contribution is -2.06. The van der Waals surface area contributed by atoms with Crippen LogP contribution < -0.4 is 0 Å². The lowest BCUT2D eigenvalue weighted by molar-refractivity contribution is 0.210. The molecule has 86 valence electrons. The van der Waals surface area contributed by atoms with Gasteiger partial charge in [0.2, 0.25) is 0 Å². The van der Waals surface area contributed by atoms with Crippen LogP contribution in [0.2, 0.25) is 0 Å². The lowest BCUT2D eigenvalue weighted by atomic mass is 10.1. The van der Waals surface area contributed by atoms with Crippen LogP contribution in [0.3, 0.4) is 0 Å². The third kappa shape index (κ3) is 1.86. The van der Waals surface area contributed by atoms with Crippen LogP contribution in [0.1, 0.15) is 31.2 Å². The fourth-order valence-corrected chi connectivity index (χ4v) is 1.69. The van der Waals surface area contributed by atoms with Gasteiger partial charge in [-0.15, -0.1) is 0 Å². The molecule has 2 heterocycles. The van der Waals surface area contributed by atoms with Gasteiger partial charge in [-0.2, -0.15) is 5.10 Å². The minimum Gasteiger partial charge on any atom is -0.382 e. The molecule has 0 amide bonds. The van der Waals surface area contributed by atoms with E-state index in [9.17, 15) is 5.11 Å². The highest BCUT2D eigenvalue weighted by Crippen LogP contribution is 2.20. The van der Waals surface area contributed by atoms with E-state index in [-0.39, 0.29) is 0 Å². The first-order chi connectivity index (χ1) is 7.76. The molecule has 0 spiro atoms. The molecule has 5 nitrogen and oxygen atoms in total. The highest BCUT2D eigenvalue weighted by atomic mass is 16.3. The quantitative estimate of drug-likeness (QED) is 0.842. The van der Waals surface area contributed by atoms with Crippen molar-refractivity contribution in [3.05, 3.63) is 36.2 Å². The standard InChI is InChI=1S/C11H16N4O/c1-3-14-8-12-6-10(14)11(16)9-5-13-15(4-2)7-9/h5-8,11,16H,3-4H2,1-2H3. The van der Waals surface area contributed by atoms with Gasteiger partial charge in [-0.25, -0.2) is 4.98 Å². The van der Waals surface area contributed by atoms with E-state index in [0.29, 0.717) is 0 Å². The lowest BCUT2D eigenvalue weighted by Gasteiger charge is -2.10. The highest BCUT2D eigenvalue weighted by Gasteiger charge is 2.16. The molecule has 0 saturated heterocycles. The van der Waals surface area contributed by atoms with Crippen LogP contribution in [-0.2, 0) is 13.1 Å². The van der Waals surface area contributed by atoms with E-state index < -0.39 is 6.10 Å². The summed E-state index contributed by atoms with van der Waals surface area (Å²) < 4.78 is 3.72. The fourth-order valence-electron chi connectivity index (χ4n) is 1.69. The number of imidazole rings is 1. The maximum absolute atomic E-state index is 10.2. The topological polar surface area (TPSA) is 55.9 Å². The molecular formula is C11H16N4O. The normalized spacial score (nSPS) is 12.9. The largest absolute Gasteiger partial charge is 0.382 e. The van der Waals surface area contributed by atoms with Crippen molar-refractivity contribution in [2.75, 3.05) is 0 Å². The first kappa shape index (κ1) is 10.9. The fraction of sp³-hybridized carbons (Fsp3) is 0.455. The molecule has 0 fully saturated rings. The summed E-state index contributed by atoms with van der Waals surface area (Å²) in [5, 5.41) is 14.3. The van der Waals surface area contributed by atoms with Crippen molar-refractivity contribution >= 4 is 0 Å². The maximum Gasteiger partial charge on any atom is 0.124 e. The van der Waals surface area contributed by atoms with Gasteiger partial charge in [-0.1, -0.05) is 0 Å². The number of rotatable bonds is 4. The monoisotopic (exact) mass is 220 g/mol. The van der Waals surface area contributed by atoms with Gasteiger partial charge >= 0.3 is 0 Å². The molecule has 1 N–H and O–H groups in total. The van der Waals surface area contributed by atoms with Gasteiger partial charge in [0.15, 0.2) is 0 Å². The smallest absolute Gasteiger partial charge is 0.124 e. The Hall–Kier alpha value is -1.62. The molecule has 1 atom stereocenters.